The van der Waals surface area contributed by atoms with Gasteiger partial charge < -0.3 is 20.1 Å². The molecule has 2 N–H and O–H groups in total. The van der Waals surface area contributed by atoms with Gasteiger partial charge in [-0.25, -0.2) is 4.79 Å². The average Bonchev–Trinajstić information content (AvgIpc) is 2.78. The zero-order chi connectivity index (χ0) is 22.2. The number of carbonyl (C=O) groups excluding carboxylic acids is 3. The molecule has 0 heterocycles. The summed E-state index contributed by atoms with van der Waals surface area (Å²) in [5, 5.41) is 5.87. The smallest absolute Gasteiger partial charge is 0.338 e. The van der Waals surface area contributed by atoms with Crippen LogP contribution in [-0.4, -0.2) is 31.5 Å². The van der Waals surface area contributed by atoms with E-state index in [-0.39, 0.29) is 5.91 Å². The number of para-hydroxylation sites is 2. The summed E-state index contributed by atoms with van der Waals surface area (Å²) in [5.41, 5.74) is 1.71. The highest BCUT2D eigenvalue weighted by Gasteiger charge is 2.12. The molecule has 0 aliphatic rings. The Kier molecular flexibility index (Phi) is 7.24. The van der Waals surface area contributed by atoms with Crippen molar-refractivity contribution in [1.82, 2.24) is 0 Å². The van der Waals surface area contributed by atoms with Crippen molar-refractivity contribution in [3.05, 3.63) is 88.9 Å². The molecule has 31 heavy (non-hydrogen) atoms. The molecule has 3 aromatic rings. The number of anilines is 2. The number of ether oxygens (including phenoxy) is 2. The Hall–Kier alpha value is -3.84. The summed E-state index contributed by atoms with van der Waals surface area (Å²) in [5.74, 6) is -0.907. The number of hydrogen-bond donors (Lipinski definition) is 2. The molecular formula is C23H19ClN2O5. The van der Waals surface area contributed by atoms with Crippen LogP contribution in [0.15, 0.2) is 72.8 Å². The van der Waals surface area contributed by atoms with Gasteiger partial charge in [0.1, 0.15) is 5.75 Å². The van der Waals surface area contributed by atoms with E-state index in [9.17, 15) is 14.4 Å². The van der Waals surface area contributed by atoms with Gasteiger partial charge in [0.05, 0.1) is 18.4 Å². The number of amides is 2. The van der Waals surface area contributed by atoms with Crippen molar-refractivity contribution < 1.29 is 23.9 Å². The first-order valence-corrected chi connectivity index (χ1v) is 9.61. The standard InChI is InChI=1S/C23H19ClN2O5/c1-30-20-5-3-2-4-19(20)26-22(28)15-8-12-18(13-9-15)25-21(27)14-31-23(29)16-6-10-17(24)11-7-16/h2-13H,14H2,1H3,(H,25,27)(H,26,28). The second-order valence-corrected chi connectivity index (χ2v) is 6.80. The Labute approximate surface area is 183 Å². The van der Waals surface area contributed by atoms with Gasteiger partial charge in [0, 0.05) is 16.3 Å². The zero-order valence-corrected chi connectivity index (χ0v) is 17.3. The van der Waals surface area contributed by atoms with Crippen molar-refractivity contribution in [2.75, 3.05) is 24.4 Å². The predicted octanol–water partition coefficient (Wildman–Crippen LogP) is 4.40. The van der Waals surface area contributed by atoms with Gasteiger partial charge >= 0.3 is 5.97 Å². The predicted molar refractivity (Wildman–Crippen MR) is 118 cm³/mol. The lowest BCUT2D eigenvalue weighted by atomic mass is 10.2. The Morgan fingerprint density at radius 2 is 1.48 bits per heavy atom. The van der Waals surface area contributed by atoms with E-state index in [1.54, 1.807) is 60.7 Å². The highest BCUT2D eigenvalue weighted by Crippen LogP contribution is 2.24. The quantitative estimate of drug-likeness (QED) is 0.533. The lowest BCUT2D eigenvalue weighted by Crippen LogP contribution is -2.21. The van der Waals surface area contributed by atoms with E-state index in [2.05, 4.69) is 10.6 Å². The monoisotopic (exact) mass is 438 g/mol. The molecule has 3 rings (SSSR count). The van der Waals surface area contributed by atoms with Gasteiger partial charge in [-0.15, -0.1) is 0 Å². The van der Waals surface area contributed by atoms with Gasteiger partial charge in [-0.1, -0.05) is 23.7 Å². The SMILES string of the molecule is COc1ccccc1NC(=O)c1ccc(NC(=O)COC(=O)c2ccc(Cl)cc2)cc1. The molecule has 0 aromatic heterocycles. The molecule has 0 aliphatic heterocycles. The molecule has 3 aromatic carbocycles. The van der Waals surface area contributed by atoms with Gasteiger partial charge in [-0.05, 0) is 60.7 Å². The fourth-order valence-corrected chi connectivity index (χ4v) is 2.77. The first kappa shape index (κ1) is 21.9. The molecule has 0 spiro atoms. The van der Waals surface area contributed by atoms with Crippen molar-refractivity contribution in [2.24, 2.45) is 0 Å². The number of rotatable bonds is 7. The third kappa shape index (κ3) is 6.07. The number of nitrogens with one attached hydrogen (secondary N) is 2. The highest BCUT2D eigenvalue weighted by molar-refractivity contribution is 6.30. The first-order chi connectivity index (χ1) is 15.0. The first-order valence-electron chi connectivity index (χ1n) is 9.23. The van der Waals surface area contributed by atoms with Crippen LogP contribution in [0.3, 0.4) is 0 Å². The lowest BCUT2D eigenvalue weighted by Gasteiger charge is -2.10. The fourth-order valence-electron chi connectivity index (χ4n) is 2.64. The second kappa shape index (κ2) is 10.3. The number of methoxy groups -OCH3 is 1. The summed E-state index contributed by atoms with van der Waals surface area (Å²) >= 11 is 5.77. The third-order valence-electron chi connectivity index (χ3n) is 4.20. The van der Waals surface area contributed by atoms with Gasteiger partial charge in [-0.3, -0.25) is 9.59 Å². The van der Waals surface area contributed by atoms with Gasteiger partial charge in [0.25, 0.3) is 11.8 Å². The van der Waals surface area contributed by atoms with Crippen molar-refractivity contribution in [3.63, 3.8) is 0 Å². The van der Waals surface area contributed by atoms with Gasteiger partial charge in [0.2, 0.25) is 0 Å². The number of carbonyl (C=O) groups is 3. The van der Waals surface area contributed by atoms with Crippen LogP contribution < -0.4 is 15.4 Å². The van der Waals surface area contributed by atoms with E-state index in [4.69, 9.17) is 21.1 Å². The van der Waals surface area contributed by atoms with Gasteiger partial charge in [-0.2, -0.15) is 0 Å². The van der Waals surface area contributed by atoms with Crippen LogP contribution in [0.25, 0.3) is 0 Å². The zero-order valence-electron chi connectivity index (χ0n) is 16.6. The van der Waals surface area contributed by atoms with Crippen LogP contribution in [0.5, 0.6) is 5.75 Å². The minimum atomic E-state index is -0.629. The topological polar surface area (TPSA) is 93.7 Å². The number of benzene rings is 3. The Balaban J connectivity index is 1.52. The summed E-state index contributed by atoms with van der Waals surface area (Å²) in [6.07, 6.45) is 0. The molecule has 158 valence electrons. The van der Waals surface area contributed by atoms with E-state index < -0.39 is 18.5 Å². The number of halogens is 1. The summed E-state index contributed by atoms with van der Waals surface area (Å²) in [6, 6.07) is 19.5. The van der Waals surface area contributed by atoms with Crippen molar-refractivity contribution in [2.45, 2.75) is 0 Å². The molecule has 0 atom stereocenters. The van der Waals surface area contributed by atoms with Gasteiger partial charge in [0.15, 0.2) is 6.61 Å². The Bertz CT molecular complexity index is 1080. The van der Waals surface area contributed by atoms with Crippen molar-refractivity contribution in [3.8, 4) is 5.75 Å². The summed E-state index contributed by atoms with van der Waals surface area (Å²) < 4.78 is 10.2. The van der Waals surface area contributed by atoms with Crippen molar-refractivity contribution >= 4 is 40.8 Å². The molecule has 0 saturated carbocycles. The minimum absolute atomic E-state index is 0.294. The Morgan fingerprint density at radius 3 is 2.16 bits per heavy atom. The maximum atomic E-state index is 12.4. The van der Waals surface area contributed by atoms with Crippen LogP contribution in [0.4, 0.5) is 11.4 Å². The molecule has 7 nitrogen and oxygen atoms in total. The summed E-state index contributed by atoms with van der Waals surface area (Å²) in [6.45, 7) is -0.447. The van der Waals surface area contributed by atoms with Crippen LogP contribution in [0.1, 0.15) is 20.7 Å². The van der Waals surface area contributed by atoms with E-state index in [0.717, 1.165) is 0 Å². The maximum Gasteiger partial charge on any atom is 0.338 e. The minimum Gasteiger partial charge on any atom is -0.495 e. The molecule has 2 amide bonds. The van der Waals surface area contributed by atoms with Crippen LogP contribution in [0, 0.1) is 0 Å². The number of hydrogen-bond acceptors (Lipinski definition) is 5. The average molecular weight is 439 g/mol. The summed E-state index contributed by atoms with van der Waals surface area (Å²) in [4.78, 5) is 36.4. The second-order valence-electron chi connectivity index (χ2n) is 6.36. The number of esters is 1. The largest absolute Gasteiger partial charge is 0.495 e. The molecular weight excluding hydrogens is 420 g/mol. The molecule has 0 radical (unpaired) electrons. The van der Waals surface area contributed by atoms with E-state index >= 15 is 0 Å². The van der Waals surface area contributed by atoms with Crippen molar-refractivity contribution in [1.29, 1.82) is 0 Å². The molecule has 0 aliphatic carbocycles. The molecule has 0 saturated heterocycles. The summed E-state index contributed by atoms with van der Waals surface area (Å²) in [7, 11) is 1.52. The fraction of sp³-hybridized carbons (Fsp3) is 0.0870. The van der Waals surface area contributed by atoms with E-state index in [1.165, 1.54) is 19.2 Å². The molecule has 0 unspecified atom stereocenters. The third-order valence-corrected chi connectivity index (χ3v) is 4.45. The van der Waals surface area contributed by atoms with Crippen LogP contribution in [-0.2, 0) is 9.53 Å². The molecule has 0 bridgehead atoms. The highest BCUT2D eigenvalue weighted by atomic mass is 35.5. The van der Waals surface area contributed by atoms with Crippen LogP contribution in [0.2, 0.25) is 5.02 Å². The lowest BCUT2D eigenvalue weighted by molar-refractivity contribution is -0.119. The normalized spacial score (nSPS) is 10.1. The molecule has 0 fully saturated rings. The van der Waals surface area contributed by atoms with E-state index in [0.29, 0.717) is 33.3 Å². The van der Waals surface area contributed by atoms with Crippen LogP contribution >= 0.6 is 11.6 Å². The Morgan fingerprint density at radius 1 is 0.839 bits per heavy atom. The molecule has 8 heteroatoms. The maximum absolute atomic E-state index is 12.4. The van der Waals surface area contributed by atoms with E-state index in [1.807, 2.05) is 0 Å².